The molecular weight excluding hydrogens is 332 g/mol. The van der Waals surface area contributed by atoms with E-state index in [0.717, 1.165) is 18.6 Å². The molecule has 6 nitrogen and oxygen atoms in total. The van der Waals surface area contributed by atoms with Gasteiger partial charge in [-0.3, -0.25) is 0 Å². The summed E-state index contributed by atoms with van der Waals surface area (Å²) in [6, 6.07) is 8.54. The Hall–Kier alpha value is -1.79. The second-order valence-electron chi connectivity index (χ2n) is 8.19. The van der Waals surface area contributed by atoms with Crippen molar-refractivity contribution < 1.29 is 19.0 Å². The van der Waals surface area contributed by atoms with E-state index in [-0.39, 0.29) is 11.6 Å². The zero-order valence-corrected chi connectivity index (χ0v) is 16.2. The summed E-state index contributed by atoms with van der Waals surface area (Å²) < 4.78 is 16.2. The molecular formula is C20H30N2O4. The van der Waals surface area contributed by atoms with Gasteiger partial charge in [0.05, 0.1) is 25.9 Å². The number of carbonyl (C=O) groups is 1. The van der Waals surface area contributed by atoms with Crippen LogP contribution in [0.25, 0.3) is 0 Å². The maximum atomic E-state index is 12.2. The summed E-state index contributed by atoms with van der Waals surface area (Å²) in [6.45, 7) is 8.46. The Balaban J connectivity index is 1.56. The Morgan fingerprint density at radius 2 is 1.81 bits per heavy atom. The van der Waals surface area contributed by atoms with E-state index in [9.17, 15) is 4.79 Å². The lowest BCUT2D eigenvalue weighted by molar-refractivity contribution is -0.0868. The van der Waals surface area contributed by atoms with Gasteiger partial charge >= 0.3 is 6.09 Å². The van der Waals surface area contributed by atoms with Crippen LogP contribution in [-0.2, 0) is 15.0 Å². The topological polar surface area (TPSA) is 60.0 Å². The summed E-state index contributed by atoms with van der Waals surface area (Å²) in [6.07, 6.45) is 1.61. The maximum absolute atomic E-state index is 12.2. The first-order valence-corrected chi connectivity index (χ1v) is 9.29. The molecule has 3 rings (SSSR count). The van der Waals surface area contributed by atoms with Crippen LogP contribution >= 0.6 is 0 Å². The Morgan fingerprint density at radius 3 is 2.27 bits per heavy atom. The number of hydrogen-bond donors (Lipinski definition) is 1. The van der Waals surface area contributed by atoms with Crippen LogP contribution in [0, 0.1) is 0 Å². The van der Waals surface area contributed by atoms with Gasteiger partial charge < -0.3 is 24.4 Å². The summed E-state index contributed by atoms with van der Waals surface area (Å²) in [4.78, 5) is 14.0. The highest BCUT2D eigenvalue weighted by Gasteiger charge is 2.42. The smallest absolute Gasteiger partial charge is 0.410 e. The largest absolute Gasteiger partial charge is 0.497 e. The first-order chi connectivity index (χ1) is 12.3. The van der Waals surface area contributed by atoms with Gasteiger partial charge in [0.1, 0.15) is 11.4 Å². The standard InChI is InChI=1S/C20H30N2O4/c1-19(2,3)26-18(23)22-11-9-16(10-12-22)21-20(13-25-14-20)15-5-7-17(24-4)8-6-15/h5-8,16,21H,9-14H2,1-4H3. The highest BCUT2D eigenvalue weighted by molar-refractivity contribution is 5.68. The normalized spacial score (nSPS) is 20.4. The van der Waals surface area contributed by atoms with Crippen LogP contribution in [0.3, 0.4) is 0 Å². The van der Waals surface area contributed by atoms with Crippen LogP contribution in [-0.4, -0.2) is 56.0 Å². The summed E-state index contributed by atoms with van der Waals surface area (Å²) in [5.74, 6) is 0.856. The molecule has 2 aliphatic heterocycles. The van der Waals surface area contributed by atoms with E-state index in [1.54, 1.807) is 12.0 Å². The molecule has 144 valence electrons. The summed E-state index contributed by atoms with van der Waals surface area (Å²) in [5.41, 5.74) is 0.637. The van der Waals surface area contributed by atoms with Crippen LogP contribution in [0.4, 0.5) is 4.79 Å². The second-order valence-corrected chi connectivity index (χ2v) is 8.19. The van der Waals surface area contributed by atoms with Gasteiger partial charge in [0.15, 0.2) is 0 Å². The fourth-order valence-corrected chi connectivity index (χ4v) is 3.47. The quantitative estimate of drug-likeness (QED) is 0.892. The van der Waals surface area contributed by atoms with Crippen molar-refractivity contribution in [2.75, 3.05) is 33.4 Å². The molecule has 0 aliphatic carbocycles. The Kier molecular flexibility index (Phi) is 5.44. The molecule has 26 heavy (non-hydrogen) atoms. The number of nitrogens with zero attached hydrogens (tertiary/aromatic N) is 1. The van der Waals surface area contributed by atoms with E-state index in [1.807, 2.05) is 32.9 Å². The van der Waals surface area contributed by atoms with Crippen LogP contribution in [0.2, 0.25) is 0 Å². The number of likely N-dealkylation sites (tertiary alicyclic amines) is 1. The third-order valence-corrected chi connectivity index (χ3v) is 4.97. The molecule has 0 atom stereocenters. The van der Waals surface area contributed by atoms with E-state index in [4.69, 9.17) is 14.2 Å². The lowest BCUT2D eigenvalue weighted by atomic mass is 9.86. The van der Waals surface area contributed by atoms with Crippen molar-refractivity contribution in [2.45, 2.75) is 50.8 Å². The highest BCUT2D eigenvalue weighted by Crippen LogP contribution is 2.32. The van der Waals surface area contributed by atoms with Crippen molar-refractivity contribution in [1.82, 2.24) is 10.2 Å². The molecule has 2 heterocycles. The number of piperidine rings is 1. The highest BCUT2D eigenvalue weighted by atomic mass is 16.6. The molecule has 0 spiro atoms. The number of ether oxygens (including phenoxy) is 3. The van der Waals surface area contributed by atoms with E-state index in [1.165, 1.54) is 5.56 Å². The summed E-state index contributed by atoms with van der Waals surface area (Å²) in [5, 5.41) is 3.79. The molecule has 1 aromatic rings. The van der Waals surface area contributed by atoms with Crippen LogP contribution in [0.1, 0.15) is 39.2 Å². The Bertz CT molecular complexity index is 612. The molecule has 6 heteroatoms. The number of carbonyl (C=O) groups excluding carboxylic acids is 1. The number of amides is 1. The predicted molar refractivity (Wildman–Crippen MR) is 99.5 cm³/mol. The third kappa shape index (κ3) is 4.30. The van der Waals surface area contributed by atoms with Gasteiger partial charge in [-0.15, -0.1) is 0 Å². The number of rotatable bonds is 4. The van der Waals surface area contributed by atoms with Crippen molar-refractivity contribution >= 4 is 6.09 Å². The zero-order valence-electron chi connectivity index (χ0n) is 16.2. The van der Waals surface area contributed by atoms with Gasteiger partial charge in [0, 0.05) is 19.1 Å². The number of nitrogens with one attached hydrogen (secondary N) is 1. The van der Waals surface area contributed by atoms with Crippen molar-refractivity contribution in [3.8, 4) is 5.75 Å². The number of hydrogen-bond acceptors (Lipinski definition) is 5. The van der Waals surface area contributed by atoms with Gasteiger partial charge in [-0.2, -0.15) is 0 Å². The number of benzene rings is 1. The van der Waals surface area contributed by atoms with Crippen molar-refractivity contribution in [1.29, 1.82) is 0 Å². The van der Waals surface area contributed by atoms with Crippen LogP contribution in [0.15, 0.2) is 24.3 Å². The minimum absolute atomic E-state index is 0.134. The average Bonchev–Trinajstić information content (AvgIpc) is 2.57. The summed E-state index contributed by atoms with van der Waals surface area (Å²) >= 11 is 0. The van der Waals surface area contributed by atoms with E-state index in [0.29, 0.717) is 32.3 Å². The van der Waals surface area contributed by atoms with Gasteiger partial charge in [-0.25, -0.2) is 4.79 Å². The predicted octanol–water partition coefficient (Wildman–Crippen LogP) is 2.91. The summed E-state index contributed by atoms with van der Waals surface area (Å²) in [7, 11) is 1.67. The average molecular weight is 362 g/mol. The zero-order chi connectivity index (χ0) is 18.8. The molecule has 2 saturated heterocycles. The van der Waals surface area contributed by atoms with E-state index < -0.39 is 5.60 Å². The lowest BCUT2D eigenvalue weighted by Gasteiger charge is -2.46. The van der Waals surface area contributed by atoms with Crippen molar-refractivity contribution in [2.24, 2.45) is 0 Å². The second kappa shape index (κ2) is 7.45. The Morgan fingerprint density at radius 1 is 1.19 bits per heavy atom. The fourth-order valence-electron chi connectivity index (χ4n) is 3.47. The molecule has 2 aliphatic rings. The lowest BCUT2D eigenvalue weighted by Crippen LogP contribution is -2.62. The maximum Gasteiger partial charge on any atom is 0.410 e. The minimum Gasteiger partial charge on any atom is -0.497 e. The first kappa shape index (κ1) is 19.0. The molecule has 2 fully saturated rings. The molecule has 1 N–H and O–H groups in total. The van der Waals surface area contributed by atoms with Crippen LogP contribution in [0.5, 0.6) is 5.75 Å². The monoisotopic (exact) mass is 362 g/mol. The molecule has 0 aromatic heterocycles. The van der Waals surface area contributed by atoms with Crippen molar-refractivity contribution in [3.63, 3.8) is 0 Å². The molecule has 1 amide bonds. The molecule has 0 bridgehead atoms. The van der Waals surface area contributed by atoms with Gasteiger partial charge in [0.25, 0.3) is 0 Å². The SMILES string of the molecule is COc1ccc(C2(NC3CCN(C(=O)OC(C)(C)C)CC3)COC2)cc1. The molecule has 0 saturated carbocycles. The van der Waals surface area contributed by atoms with Crippen molar-refractivity contribution in [3.05, 3.63) is 29.8 Å². The van der Waals surface area contributed by atoms with Gasteiger partial charge in [0.2, 0.25) is 0 Å². The van der Waals surface area contributed by atoms with E-state index in [2.05, 4.69) is 17.4 Å². The fraction of sp³-hybridized carbons (Fsp3) is 0.650. The van der Waals surface area contributed by atoms with Gasteiger partial charge in [-0.1, -0.05) is 12.1 Å². The van der Waals surface area contributed by atoms with Gasteiger partial charge in [-0.05, 0) is 51.3 Å². The molecule has 0 unspecified atom stereocenters. The molecule has 0 radical (unpaired) electrons. The molecule has 1 aromatic carbocycles. The Labute approximate surface area is 155 Å². The van der Waals surface area contributed by atoms with E-state index >= 15 is 0 Å². The minimum atomic E-state index is -0.451. The first-order valence-electron chi connectivity index (χ1n) is 9.29. The van der Waals surface area contributed by atoms with Crippen LogP contribution < -0.4 is 10.1 Å². The third-order valence-electron chi connectivity index (χ3n) is 4.97. The number of methoxy groups -OCH3 is 1.